The Bertz CT molecular complexity index is 510. The molecule has 0 unspecified atom stereocenters. The summed E-state index contributed by atoms with van der Waals surface area (Å²) in [5.41, 5.74) is 0.340. The highest BCUT2D eigenvalue weighted by Gasteiger charge is 2.40. The molecule has 3 N–H and O–H groups in total. The Kier molecular flexibility index (Phi) is 4.22. The van der Waals surface area contributed by atoms with Crippen LogP contribution >= 0.6 is 0 Å². The molecule has 0 saturated heterocycles. The smallest absolute Gasteiger partial charge is 0.329 e. The zero-order valence-corrected chi connectivity index (χ0v) is 11.5. The second-order valence-electron chi connectivity index (χ2n) is 5.28. The van der Waals surface area contributed by atoms with Crippen LogP contribution in [0.4, 0.5) is 10.5 Å². The van der Waals surface area contributed by atoms with Gasteiger partial charge in [0.05, 0.1) is 11.9 Å². The number of carboxylic acid groups (broad SMARTS) is 1. The predicted octanol–water partition coefficient (Wildman–Crippen LogP) is 2.30. The summed E-state index contributed by atoms with van der Waals surface area (Å²) >= 11 is 0. The van der Waals surface area contributed by atoms with Crippen LogP contribution in [0, 0.1) is 6.92 Å². The molecular weight excluding hydrogens is 258 g/mol. The number of carbonyl (C=O) groups excluding carboxylic acids is 1. The number of nitrogens with one attached hydrogen (secondary N) is 2. The van der Waals surface area contributed by atoms with Gasteiger partial charge in [-0.2, -0.15) is 0 Å². The first-order chi connectivity index (χ1) is 9.52. The molecule has 2 amide bonds. The maximum absolute atomic E-state index is 12.0. The quantitative estimate of drug-likeness (QED) is 0.790. The summed E-state index contributed by atoms with van der Waals surface area (Å²) in [4.78, 5) is 27.4. The van der Waals surface area contributed by atoms with Crippen LogP contribution in [-0.2, 0) is 4.79 Å². The Morgan fingerprint density at radius 2 is 1.95 bits per heavy atom. The number of amides is 2. The lowest BCUT2D eigenvalue weighted by Crippen LogP contribution is -2.56. The molecule has 1 aromatic rings. The van der Waals surface area contributed by atoms with Gasteiger partial charge in [-0.15, -0.1) is 0 Å². The molecule has 1 saturated carbocycles. The molecule has 0 spiro atoms. The zero-order valence-electron chi connectivity index (χ0n) is 11.5. The van der Waals surface area contributed by atoms with Crippen molar-refractivity contribution in [3.63, 3.8) is 0 Å². The minimum absolute atomic E-state index is 0.474. The third-order valence-corrected chi connectivity index (χ3v) is 3.60. The van der Waals surface area contributed by atoms with E-state index in [2.05, 4.69) is 15.6 Å². The lowest BCUT2D eigenvalue weighted by Gasteiger charge is -2.33. The van der Waals surface area contributed by atoms with Gasteiger partial charge in [0.25, 0.3) is 0 Å². The van der Waals surface area contributed by atoms with Gasteiger partial charge in [-0.25, -0.2) is 9.59 Å². The average molecular weight is 277 g/mol. The molecule has 0 bridgehead atoms. The van der Waals surface area contributed by atoms with E-state index in [0.29, 0.717) is 18.5 Å². The second-order valence-corrected chi connectivity index (χ2v) is 5.28. The standard InChI is InChI=1S/C14H19N3O3/c1-10-7-11(9-15-8-10)16-13(20)17-14(12(18)19)5-3-2-4-6-14/h7-9H,2-6H2,1H3,(H,18,19)(H2,16,17,20). The highest BCUT2D eigenvalue weighted by atomic mass is 16.4. The predicted molar refractivity (Wildman–Crippen MR) is 74.6 cm³/mol. The van der Waals surface area contributed by atoms with E-state index >= 15 is 0 Å². The third-order valence-electron chi connectivity index (χ3n) is 3.60. The molecule has 6 nitrogen and oxygen atoms in total. The Labute approximate surface area is 117 Å². The van der Waals surface area contributed by atoms with E-state index < -0.39 is 17.5 Å². The van der Waals surface area contributed by atoms with Crippen molar-refractivity contribution in [3.05, 3.63) is 24.0 Å². The molecule has 108 valence electrons. The number of nitrogens with zero attached hydrogens (tertiary/aromatic N) is 1. The molecule has 2 rings (SSSR count). The van der Waals surface area contributed by atoms with Crippen molar-refractivity contribution in [1.82, 2.24) is 10.3 Å². The molecule has 0 aromatic carbocycles. The zero-order chi connectivity index (χ0) is 14.6. The van der Waals surface area contributed by atoms with Gasteiger partial charge in [0.15, 0.2) is 0 Å². The lowest BCUT2D eigenvalue weighted by atomic mass is 9.82. The Balaban J connectivity index is 2.03. The van der Waals surface area contributed by atoms with Gasteiger partial charge in [-0.05, 0) is 31.4 Å². The summed E-state index contributed by atoms with van der Waals surface area (Å²) in [6.45, 7) is 1.87. The van der Waals surface area contributed by atoms with Gasteiger partial charge < -0.3 is 15.7 Å². The molecule has 1 heterocycles. The first-order valence-corrected chi connectivity index (χ1v) is 6.76. The Hall–Kier alpha value is -2.11. The molecule has 0 aliphatic heterocycles. The molecular formula is C14H19N3O3. The van der Waals surface area contributed by atoms with E-state index in [1.54, 1.807) is 12.3 Å². The molecule has 0 atom stereocenters. The number of carbonyl (C=O) groups is 2. The fourth-order valence-corrected chi connectivity index (χ4v) is 2.55. The largest absolute Gasteiger partial charge is 0.480 e. The topological polar surface area (TPSA) is 91.3 Å². The number of carboxylic acids is 1. The van der Waals surface area contributed by atoms with Crippen molar-refractivity contribution in [1.29, 1.82) is 0 Å². The van der Waals surface area contributed by atoms with Crippen molar-refractivity contribution in [3.8, 4) is 0 Å². The number of hydrogen-bond donors (Lipinski definition) is 3. The van der Waals surface area contributed by atoms with Crippen LogP contribution in [0.2, 0.25) is 0 Å². The van der Waals surface area contributed by atoms with Gasteiger partial charge in [0.2, 0.25) is 0 Å². The Morgan fingerprint density at radius 1 is 1.25 bits per heavy atom. The highest BCUT2D eigenvalue weighted by molar-refractivity contribution is 5.93. The molecule has 20 heavy (non-hydrogen) atoms. The van der Waals surface area contributed by atoms with Crippen LogP contribution in [0.25, 0.3) is 0 Å². The van der Waals surface area contributed by atoms with Crippen molar-refractivity contribution in [2.24, 2.45) is 0 Å². The van der Waals surface area contributed by atoms with Crippen molar-refractivity contribution >= 4 is 17.7 Å². The number of pyridine rings is 1. The van der Waals surface area contributed by atoms with Crippen LogP contribution in [0.1, 0.15) is 37.7 Å². The molecule has 1 aromatic heterocycles. The van der Waals surface area contributed by atoms with Crippen molar-refractivity contribution < 1.29 is 14.7 Å². The monoisotopic (exact) mass is 277 g/mol. The normalized spacial score (nSPS) is 17.2. The summed E-state index contributed by atoms with van der Waals surface area (Å²) in [5.74, 6) is -0.963. The van der Waals surface area contributed by atoms with Gasteiger partial charge in [-0.3, -0.25) is 4.98 Å². The third kappa shape index (κ3) is 3.26. The fraction of sp³-hybridized carbons (Fsp3) is 0.500. The molecule has 1 aliphatic rings. The fourth-order valence-electron chi connectivity index (χ4n) is 2.55. The minimum Gasteiger partial charge on any atom is -0.480 e. The molecule has 0 radical (unpaired) electrons. The first-order valence-electron chi connectivity index (χ1n) is 6.76. The Morgan fingerprint density at radius 3 is 2.55 bits per heavy atom. The summed E-state index contributed by atoms with van der Waals surface area (Å²) < 4.78 is 0. The SMILES string of the molecule is Cc1cncc(NC(=O)NC2(C(=O)O)CCCCC2)c1. The maximum Gasteiger partial charge on any atom is 0.329 e. The number of rotatable bonds is 3. The van der Waals surface area contributed by atoms with Crippen LogP contribution in [0.15, 0.2) is 18.5 Å². The number of aromatic nitrogens is 1. The van der Waals surface area contributed by atoms with Crippen LogP contribution in [0.5, 0.6) is 0 Å². The highest BCUT2D eigenvalue weighted by Crippen LogP contribution is 2.28. The van der Waals surface area contributed by atoms with E-state index in [0.717, 1.165) is 24.8 Å². The van der Waals surface area contributed by atoms with Gasteiger partial charge >= 0.3 is 12.0 Å². The average Bonchev–Trinajstić information content (AvgIpc) is 2.39. The maximum atomic E-state index is 12.0. The van der Waals surface area contributed by atoms with Gasteiger partial charge in [-0.1, -0.05) is 19.3 Å². The van der Waals surface area contributed by atoms with E-state index in [9.17, 15) is 14.7 Å². The first kappa shape index (κ1) is 14.3. The summed E-state index contributed by atoms with van der Waals surface area (Å²) in [7, 11) is 0. The van der Waals surface area contributed by atoms with Crippen LogP contribution < -0.4 is 10.6 Å². The summed E-state index contributed by atoms with van der Waals surface area (Å²) in [6.07, 6.45) is 6.81. The van der Waals surface area contributed by atoms with E-state index in [1.807, 2.05) is 6.92 Å². The number of urea groups is 1. The van der Waals surface area contributed by atoms with E-state index in [4.69, 9.17) is 0 Å². The molecule has 1 fully saturated rings. The van der Waals surface area contributed by atoms with Gasteiger partial charge in [0, 0.05) is 6.20 Å². The number of anilines is 1. The van der Waals surface area contributed by atoms with E-state index in [-0.39, 0.29) is 0 Å². The van der Waals surface area contributed by atoms with Crippen LogP contribution in [0.3, 0.4) is 0 Å². The lowest BCUT2D eigenvalue weighted by molar-refractivity contribution is -0.145. The second kappa shape index (κ2) is 5.90. The summed E-state index contributed by atoms with van der Waals surface area (Å²) in [6, 6.07) is 1.28. The van der Waals surface area contributed by atoms with Crippen molar-refractivity contribution in [2.75, 3.05) is 5.32 Å². The molecule has 1 aliphatic carbocycles. The van der Waals surface area contributed by atoms with Crippen molar-refractivity contribution in [2.45, 2.75) is 44.6 Å². The number of hydrogen-bond acceptors (Lipinski definition) is 3. The summed E-state index contributed by atoms with van der Waals surface area (Å²) in [5, 5.41) is 14.6. The van der Waals surface area contributed by atoms with E-state index in [1.165, 1.54) is 6.20 Å². The van der Waals surface area contributed by atoms with Crippen LogP contribution in [-0.4, -0.2) is 27.6 Å². The molecule has 6 heteroatoms. The minimum atomic E-state index is -1.14. The van der Waals surface area contributed by atoms with Gasteiger partial charge in [0.1, 0.15) is 5.54 Å². The number of aryl methyl sites for hydroxylation is 1. The number of aliphatic carboxylic acids is 1.